The number of halogens is 4. The van der Waals surface area contributed by atoms with Crippen molar-refractivity contribution in [1.29, 1.82) is 0 Å². The van der Waals surface area contributed by atoms with Crippen molar-refractivity contribution in [3.05, 3.63) is 28.2 Å². The van der Waals surface area contributed by atoms with Gasteiger partial charge in [-0.3, -0.25) is 0 Å². The minimum atomic E-state index is -4.29. The molecule has 0 aromatic heterocycles. The number of hydrogen-bond acceptors (Lipinski definition) is 2. The summed E-state index contributed by atoms with van der Waals surface area (Å²) in [7, 11) is 0. The highest BCUT2D eigenvalue weighted by molar-refractivity contribution is 9.10. The Morgan fingerprint density at radius 1 is 1.26 bits per heavy atom. The van der Waals surface area contributed by atoms with Crippen molar-refractivity contribution in [3.63, 3.8) is 0 Å². The van der Waals surface area contributed by atoms with Crippen molar-refractivity contribution in [2.45, 2.75) is 19.0 Å². The molecule has 0 spiro atoms. The molecule has 0 saturated carbocycles. The lowest BCUT2D eigenvalue weighted by Gasteiger charge is -2.22. The molecule has 1 aliphatic rings. The molecule has 0 atom stereocenters. The maximum absolute atomic E-state index is 12.5. The van der Waals surface area contributed by atoms with Gasteiger partial charge in [-0.15, -0.1) is 0 Å². The molecule has 19 heavy (non-hydrogen) atoms. The summed E-state index contributed by atoms with van der Waals surface area (Å²) >= 11 is 5.16. The molecule has 0 unspecified atom stereocenters. The van der Waals surface area contributed by atoms with Gasteiger partial charge in [-0.2, -0.15) is 24.9 Å². The molecule has 0 radical (unpaired) electrons. The molecule has 106 valence electrons. The van der Waals surface area contributed by atoms with Gasteiger partial charge in [0.1, 0.15) is 0 Å². The standard InChI is InChI=1S/C13H15BrF3NS/c14-11-7-10(13(15,16)17)1-2-12(11)18-8-9-3-5-19-6-4-9/h1-2,7,9,18H,3-6,8H2. The van der Waals surface area contributed by atoms with Crippen LogP contribution in [0.5, 0.6) is 0 Å². The van der Waals surface area contributed by atoms with Crippen molar-refractivity contribution in [2.75, 3.05) is 23.4 Å². The van der Waals surface area contributed by atoms with E-state index in [1.54, 1.807) is 0 Å². The highest BCUT2D eigenvalue weighted by Crippen LogP contribution is 2.34. The molecular weight excluding hydrogens is 339 g/mol. The number of benzene rings is 1. The first-order valence-electron chi connectivity index (χ1n) is 6.15. The monoisotopic (exact) mass is 353 g/mol. The highest BCUT2D eigenvalue weighted by atomic mass is 79.9. The van der Waals surface area contributed by atoms with Crippen molar-refractivity contribution in [3.8, 4) is 0 Å². The van der Waals surface area contributed by atoms with E-state index in [0.717, 1.165) is 24.4 Å². The second-order valence-corrected chi connectivity index (χ2v) is 6.71. The Bertz CT molecular complexity index is 430. The normalized spacial score (nSPS) is 17.5. The first-order valence-corrected chi connectivity index (χ1v) is 8.10. The molecule has 0 aliphatic carbocycles. The van der Waals surface area contributed by atoms with Crippen LogP contribution in [0, 0.1) is 5.92 Å². The largest absolute Gasteiger partial charge is 0.416 e. The summed E-state index contributed by atoms with van der Waals surface area (Å²) in [6, 6.07) is 3.73. The van der Waals surface area contributed by atoms with Gasteiger partial charge in [-0.1, -0.05) is 0 Å². The number of rotatable bonds is 3. The second kappa shape index (κ2) is 6.39. The summed E-state index contributed by atoms with van der Waals surface area (Å²) in [5.74, 6) is 2.98. The van der Waals surface area contributed by atoms with E-state index in [9.17, 15) is 13.2 Å². The molecule has 6 heteroatoms. The Morgan fingerprint density at radius 2 is 1.95 bits per heavy atom. The predicted molar refractivity (Wildman–Crippen MR) is 77.7 cm³/mol. The fourth-order valence-electron chi connectivity index (χ4n) is 2.04. The van der Waals surface area contributed by atoms with Crippen molar-refractivity contribution in [1.82, 2.24) is 0 Å². The Morgan fingerprint density at radius 3 is 2.53 bits per heavy atom. The Labute approximate surface area is 123 Å². The highest BCUT2D eigenvalue weighted by Gasteiger charge is 2.30. The van der Waals surface area contributed by atoms with Crippen molar-refractivity contribution >= 4 is 33.4 Å². The number of nitrogens with one attached hydrogen (secondary N) is 1. The minimum Gasteiger partial charge on any atom is -0.384 e. The van der Waals surface area contributed by atoms with Crippen LogP contribution in [-0.4, -0.2) is 18.1 Å². The van der Waals surface area contributed by atoms with Gasteiger partial charge in [-0.05, 0) is 64.4 Å². The third-order valence-corrected chi connectivity index (χ3v) is 4.92. The molecule has 1 aliphatic heterocycles. The van der Waals surface area contributed by atoms with E-state index < -0.39 is 11.7 Å². The molecule has 1 aromatic carbocycles. The molecular formula is C13H15BrF3NS. The lowest BCUT2D eigenvalue weighted by atomic mass is 10.0. The maximum atomic E-state index is 12.5. The van der Waals surface area contributed by atoms with Crippen LogP contribution < -0.4 is 5.32 Å². The number of anilines is 1. The molecule has 0 amide bonds. The van der Waals surface area contributed by atoms with Gasteiger partial charge in [0.25, 0.3) is 0 Å². The zero-order chi connectivity index (χ0) is 13.9. The fraction of sp³-hybridized carbons (Fsp3) is 0.538. The van der Waals surface area contributed by atoms with Crippen molar-refractivity contribution in [2.24, 2.45) is 5.92 Å². The lowest BCUT2D eigenvalue weighted by molar-refractivity contribution is -0.137. The van der Waals surface area contributed by atoms with Crippen LogP contribution in [0.1, 0.15) is 18.4 Å². The number of alkyl halides is 3. The van der Waals surface area contributed by atoms with Crippen LogP contribution in [0.4, 0.5) is 18.9 Å². The minimum absolute atomic E-state index is 0.465. The maximum Gasteiger partial charge on any atom is 0.416 e. The summed E-state index contributed by atoms with van der Waals surface area (Å²) in [6.45, 7) is 0.824. The third kappa shape index (κ3) is 4.31. The molecule has 1 fully saturated rings. The quantitative estimate of drug-likeness (QED) is 0.818. The third-order valence-electron chi connectivity index (χ3n) is 3.22. The van der Waals surface area contributed by atoms with Crippen LogP contribution in [0.25, 0.3) is 0 Å². The molecule has 1 N–H and O–H groups in total. The van der Waals surface area contributed by atoms with Crippen LogP contribution in [0.15, 0.2) is 22.7 Å². The van der Waals surface area contributed by atoms with Gasteiger partial charge in [0, 0.05) is 16.7 Å². The fourth-order valence-corrected chi connectivity index (χ4v) is 3.76. The number of hydrogen-bond donors (Lipinski definition) is 1. The van der Waals surface area contributed by atoms with Crippen LogP contribution in [-0.2, 0) is 6.18 Å². The Balaban J connectivity index is 1.97. The summed E-state index contributed by atoms with van der Waals surface area (Å²) in [5, 5.41) is 3.24. The van der Waals surface area contributed by atoms with E-state index in [2.05, 4.69) is 21.2 Å². The second-order valence-electron chi connectivity index (χ2n) is 4.63. The van der Waals surface area contributed by atoms with Crippen LogP contribution in [0.3, 0.4) is 0 Å². The van der Waals surface area contributed by atoms with E-state index in [4.69, 9.17) is 0 Å². The average molecular weight is 354 g/mol. The van der Waals surface area contributed by atoms with E-state index >= 15 is 0 Å². The Hall–Kier alpha value is -0.360. The zero-order valence-electron chi connectivity index (χ0n) is 10.3. The van der Waals surface area contributed by atoms with E-state index in [-0.39, 0.29) is 0 Å². The SMILES string of the molecule is FC(F)(F)c1ccc(NCC2CCSCC2)c(Br)c1. The van der Waals surface area contributed by atoms with Gasteiger partial charge < -0.3 is 5.32 Å². The molecule has 1 aromatic rings. The Kier molecular flexibility index (Phi) is 5.06. The van der Waals surface area contributed by atoms with E-state index in [0.29, 0.717) is 10.4 Å². The van der Waals surface area contributed by atoms with Gasteiger partial charge >= 0.3 is 6.18 Å². The van der Waals surface area contributed by atoms with Gasteiger partial charge in [0.05, 0.1) is 5.56 Å². The molecule has 1 heterocycles. The topological polar surface area (TPSA) is 12.0 Å². The average Bonchev–Trinajstić information content (AvgIpc) is 2.37. The van der Waals surface area contributed by atoms with Crippen LogP contribution in [0.2, 0.25) is 0 Å². The molecule has 1 saturated heterocycles. The van der Waals surface area contributed by atoms with E-state index in [1.165, 1.54) is 30.4 Å². The smallest absolute Gasteiger partial charge is 0.384 e. The lowest BCUT2D eigenvalue weighted by Crippen LogP contribution is -2.19. The van der Waals surface area contributed by atoms with Gasteiger partial charge in [0.2, 0.25) is 0 Å². The van der Waals surface area contributed by atoms with E-state index in [1.807, 2.05) is 11.8 Å². The first-order chi connectivity index (χ1) is 8.97. The molecule has 1 nitrogen and oxygen atoms in total. The van der Waals surface area contributed by atoms with Gasteiger partial charge in [-0.25, -0.2) is 0 Å². The first kappa shape index (κ1) is 15.0. The van der Waals surface area contributed by atoms with Crippen LogP contribution >= 0.6 is 27.7 Å². The summed E-state index contributed by atoms with van der Waals surface area (Å²) in [4.78, 5) is 0. The van der Waals surface area contributed by atoms with Gasteiger partial charge in [0.15, 0.2) is 0 Å². The zero-order valence-corrected chi connectivity index (χ0v) is 12.7. The summed E-state index contributed by atoms with van der Waals surface area (Å²) in [5.41, 5.74) is 0.102. The number of thioether (sulfide) groups is 1. The summed E-state index contributed by atoms with van der Waals surface area (Å²) < 4.78 is 38.1. The molecule has 2 rings (SSSR count). The summed E-state index contributed by atoms with van der Waals surface area (Å²) in [6.07, 6.45) is -1.94. The predicted octanol–water partition coefficient (Wildman–Crippen LogP) is 5.02. The van der Waals surface area contributed by atoms with Crippen molar-refractivity contribution < 1.29 is 13.2 Å². The molecule has 0 bridgehead atoms.